The van der Waals surface area contributed by atoms with Crippen LogP contribution in [0.15, 0.2) is 24.3 Å². The van der Waals surface area contributed by atoms with Crippen molar-refractivity contribution in [2.45, 2.75) is 12.5 Å². The topological polar surface area (TPSA) is 113 Å². The highest BCUT2D eigenvalue weighted by Crippen LogP contribution is 2.12. The molecular formula is C11H14N2O5. The Labute approximate surface area is 103 Å². The first-order valence-electron chi connectivity index (χ1n) is 5.31. The maximum Gasteiger partial charge on any atom is 0.269 e. The van der Waals surface area contributed by atoms with E-state index < -0.39 is 11.0 Å². The highest BCUT2D eigenvalue weighted by atomic mass is 16.6. The lowest BCUT2D eigenvalue weighted by Crippen LogP contribution is -2.40. The first kappa shape index (κ1) is 14.1. The molecule has 3 N–H and O–H groups in total. The van der Waals surface area contributed by atoms with Gasteiger partial charge in [0.2, 0.25) is 5.91 Å². The fourth-order valence-electron chi connectivity index (χ4n) is 1.35. The minimum absolute atomic E-state index is 0.0362. The highest BCUT2D eigenvalue weighted by Gasteiger charge is 2.11. The Bertz CT molecular complexity index is 414. The summed E-state index contributed by atoms with van der Waals surface area (Å²) in [6.45, 7) is -0.689. The van der Waals surface area contributed by atoms with Crippen LogP contribution in [-0.2, 0) is 11.2 Å². The predicted octanol–water partition coefficient (Wildman–Crippen LogP) is -0.393. The Balaban J connectivity index is 2.56. The number of nitro benzene ring substituents is 1. The molecule has 0 atom stereocenters. The summed E-state index contributed by atoms with van der Waals surface area (Å²) in [5, 5.41) is 30.4. The molecule has 0 aliphatic rings. The average Bonchev–Trinajstić information content (AvgIpc) is 2.36. The lowest BCUT2D eigenvalue weighted by molar-refractivity contribution is -0.384. The number of carbonyl (C=O) groups excluding carboxylic acids is 1. The summed E-state index contributed by atoms with van der Waals surface area (Å²) in [5.41, 5.74) is 0.579. The molecule has 18 heavy (non-hydrogen) atoms. The maximum atomic E-state index is 11.5. The van der Waals surface area contributed by atoms with Gasteiger partial charge < -0.3 is 15.5 Å². The summed E-state index contributed by atoms with van der Waals surface area (Å²) in [6.07, 6.45) is 0.0362. The van der Waals surface area contributed by atoms with Gasteiger partial charge in [0.05, 0.1) is 30.6 Å². The number of hydrogen-bond acceptors (Lipinski definition) is 5. The second kappa shape index (κ2) is 6.67. The van der Waals surface area contributed by atoms with E-state index in [1.165, 1.54) is 24.3 Å². The summed E-state index contributed by atoms with van der Waals surface area (Å²) in [7, 11) is 0. The van der Waals surface area contributed by atoms with Crippen LogP contribution in [0.1, 0.15) is 5.56 Å². The van der Waals surface area contributed by atoms with E-state index in [-0.39, 0.29) is 31.2 Å². The quantitative estimate of drug-likeness (QED) is 0.472. The summed E-state index contributed by atoms with van der Waals surface area (Å²) in [6, 6.07) is 4.93. The van der Waals surface area contributed by atoms with Crippen molar-refractivity contribution in [3.8, 4) is 0 Å². The molecule has 0 spiro atoms. The van der Waals surface area contributed by atoms with Gasteiger partial charge in [0.15, 0.2) is 0 Å². The van der Waals surface area contributed by atoms with Crippen molar-refractivity contribution < 1.29 is 19.9 Å². The van der Waals surface area contributed by atoms with E-state index in [4.69, 9.17) is 10.2 Å². The third kappa shape index (κ3) is 4.11. The molecule has 0 saturated heterocycles. The maximum absolute atomic E-state index is 11.5. The minimum atomic E-state index is -0.685. The number of non-ortho nitro benzene ring substituents is 1. The van der Waals surface area contributed by atoms with Crippen molar-refractivity contribution in [1.82, 2.24) is 5.32 Å². The molecule has 1 rings (SSSR count). The number of nitrogens with one attached hydrogen (secondary N) is 1. The molecular weight excluding hydrogens is 240 g/mol. The molecule has 98 valence electrons. The molecule has 0 saturated carbocycles. The molecule has 0 aliphatic heterocycles. The van der Waals surface area contributed by atoms with Crippen LogP contribution in [0.4, 0.5) is 5.69 Å². The molecule has 7 nitrogen and oxygen atoms in total. The van der Waals surface area contributed by atoms with Crippen LogP contribution in [0, 0.1) is 10.1 Å². The first-order valence-corrected chi connectivity index (χ1v) is 5.31. The smallest absolute Gasteiger partial charge is 0.269 e. The van der Waals surface area contributed by atoms with Gasteiger partial charge in [-0.2, -0.15) is 0 Å². The van der Waals surface area contributed by atoms with Crippen molar-refractivity contribution in [3.63, 3.8) is 0 Å². The van der Waals surface area contributed by atoms with Crippen molar-refractivity contribution >= 4 is 11.6 Å². The Morgan fingerprint density at radius 3 is 2.28 bits per heavy atom. The number of rotatable bonds is 6. The van der Waals surface area contributed by atoms with Crippen LogP contribution in [0.3, 0.4) is 0 Å². The summed E-state index contributed by atoms with van der Waals surface area (Å²) >= 11 is 0. The Kier molecular flexibility index (Phi) is 5.22. The van der Waals surface area contributed by atoms with Gasteiger partial charge in [0, 0.05) is 12.1 Å². The molecule has 0 fully saturated rings. The molecule has 0 heterocycles. The van der Waals surface area contributed by atoms with Gasteiger partial charge >= 0.3 is 0 Å². The van der Waals surface area contributed by atoms with Crippen molar-refractivity contribution in [3.05, 3.63) is 39.9 Å². The van der Waals surface area contributed by atoms with Crippen molar-refractivity contribution in [2.24, 2.45) is 0 Å². The van der Waals surface area contributed by atoms with Crippen LogP contribution < -0.4 is 5.32 Å². The van der Waals surface area contributed by atoms with Crippen molar-refractivity contribution in [1.29, 1.82) is 0 Å². The zero-order valence-corrected chi connectivity index (χ0v) is 9.57. The van der Waals surface area contributed by atoms with E-state index in [1.54, 1.807) is 0 Å². The second-order valence-electron chi connectivity index (χ2n) is 3.73. The number of nitrogens with zero attached hydrogens (tertiary/aromatic N) is 1. The molecule has 0 aromatic heterocycles. The molecule has 0 bridgehead atoms. The van der Waals surface area contributed by atoms with E-state index in [9.17, 15) is 14.9 Å². The third-order valence-corrected chi connectivity index (χ3v) is 2.32. The Hall–Kier alpha value is -1.99. The summed E-state index contributed by atoms with van der Waals surface area (Å²) in [4.78, 5) is 21.4. The SMILES string of the molecule is O=C(Cc1ccc([N+](=O)[O-])cc1)NC(CO)CO. The van der Waals surface area contributed by atoms with E-state index >= 15 is 0 Å². The lowest BCUT2D eigenvalue weighted by Gasteiger charge is -2.13. The van der Waals surface area contributed by atoms with Gasteiger partial charge in [-0.15, -0.1) is 0 Å². The number of benzene rings is 1. The van der Waals surface area contributed by atoms with Crippen LogP contribution >= 0.6 is 0 Å². The van der Waals surface area contributed by atoms with Crippen LogP contribution in [0.5, 0.6) is 0 Å². The number of hydrogen-bond donors (Lipinski definition) is 3. The van der Waals surface area contributed by atoms with E-state index in [0.717, 1.165) is 0 Å². The molecule has 7 heteroatoms. The largest absolute Gasteiger partial charge is 0.394 e. The number of carbonyl (C=O) groups is 1. The normalized spacial score (nSPS) is 10.4. The minimum Gasteiger partial charge on any atom is -0.394 e. The zero-order chi connectivity index (χ0) is 13.5. The summed E-state index contributed by atoms with van der Waals surface area (Å²) in [5.74, 6) is -0.364. The van der Waals surface area contributed by atoms with Gasteiger partial charge in [-0.25, -0.2) is 0 Å². The zero-order valence-electron chi connectivity index (χ0n) is 9.57. The molecule has 1 amide bonds. The van der Waals surface area contributed by atoms with Gasteiger partial charge in [0.25, 0.3) is 5.69 Å². The van der Waals surface area contributed by atoms with E-state index in [1.807, 2.05) is 0 Å². The first-order chi connectivity index (χ1) is 8.56. The second-order valence-corrected chi connectivity index (χ2v) is 3.73. The number of aliphatic hydroxyl groups excluding tert-OH is 2. The highest BCUT2D eigenvalue weighted by molar-refractivity contribution is 5.78. The molecule has 0 unspecified atom stereocenters. The fourth-order valence-corrected chi connectivity index (χ4v) is 1.35. The molecule has 0 aliphatic carbocycles. The number of amides is 1. The molecule has 1 aromatic carbocycles. The van der Waals surface area contributed by atoms with Gasteiger partial charge in [-0.3, -0.25) is 14.9 Å². The number of nitro groups is 1. The molecule has 1 aromatic rings. The van der Waals surface area contributed by atoms with Crippen LogP contribution in [-0.4, -0.2) is 40.3 Å². The summed E-state index contributed by atoms with van der Waals surface area (Å²) < 4.78 is 0. The Morgan fingerprint density at radius 2 is 1.83 bits per heavy atom. The molecule has 0 radical (unpaired) electrons. The van der Waals surface area contributed by atoms with Crippen LogP contribution in [0.25, 0.3) is 0 Å². The standard InChI is InChI=1S/C11H14N2O5/c14-6-9(7-15)12-11(16)5-8-1-3-10(4-2-8)13(17)18/h1-4,9,14-15H,5-7H2,(H,12,16). The van der Waals surface area contributed by atoms with E-state index in [2.05, 4.69) is 5.32 Å². The van der Waals surface area contributed by atoms with E-state index in [0.29, 0.717) is 5.56 Å². The van der Waals surface area contributed by atoms with Gasteiger partial charge in [0.1, 0.15) is 0 Å². The van der Waals surface area contributed by atoms with Crippen LogP contribution in [0.2, 0.25) is 0 Å². The number of aliphatic hydroxyl groups is 2. The average molecular weight is 254 g/mol. The fraction of sp³-hybridized carbons (Fsp3) is 0.364. The van der Waals surface area contributed by atoms with Crippen molar-refractivity contribution in [2.75, 3.05) is 13.2 Å². The van der Waals surface area contributed by atoms with Gasteiger partial charge in [-0.1, -0.05) is 12.1 Å². The third-order valence-electron chi connectivity index (χ3n) is 2.32. The lowest BCUT2D eigenvalue weighted by atomic mass is 10.1. The Morgan fingerprint density at radius 1 is 1.28 bits per heavy atom. The van der Waals surface area contributed by atoms with Gasteiger partial charge in [-0.05, 0) is 5.56 Å². The monoisotopic (exact) mass is 254 g/mol. The predicted molar refractivity (Wildman–Crippen MR) is 62.9 cm³/mol.